The Labute approximate surface area is 217 Å². The van der Waals surface area contributed by atoms with Gasteiger partial charge in [-0.1, -0.05) is 44.7 Å². The number of halogens is 2. The minimum Gasteiger partial charge on any atom is -0.469 e. The molecule has 2 fully saturated rings. The lowest BCUT2D eigenvalue weighted by Crippen LogP contribution is -2.48. The van der Waals surface area contributed by atoms with E-state index in [9.17, 15) is 27.1 Å². The fourth-order valence-corrected chi connectivity index (χ4v) is 5.98. The monoisotopic (exact) mass is 559 g/mol. The summed E-state index contributed by atoms with van der Waals surface area (Å²) in [6, 6.07) is 4.39. The molecule has 1 aromatic carbocycles. The number of hydrogen-bond donors (Lipinski definition) is 2. The summed E-state index contributed by atoms with van der Waals surface area (Å²) in [5.74, 6) is -2.13. The Balaban J connectivity index is 1.62. The first-order valence-electron chi connectivity index (χ1n) is 11.4. The van der Waals surface area contributed by atoms with Gasteiger partial charge in [0.2, 0.25) is 5.88 Å². The van der Waals surface area contributed by atoms with Crippen molar-refractivity contribution >= 4 is 33.9 Å². The second-order valence-electron chi connectivity index (χ2n) is 9.61. The van der Waals surface area contributed by atoms with E-state index in [0.717, 1.165) is 29.3 Å². The van der Waals surface area contributed by atoms with E-state index in [1.54, 1.807) is 0 Å². The van der Waals surface area contributed by atoms with Gasteiger partial charge < -0.3 is 9.84 Å². The van der Waals surface area contributed by atoms with Crippen LogP contribution in [0, 0.1) is 17.0 Å². The topological polar surface area (TPSA) is 134 Å². The van der Waals surface area contributed by atoms with Gasteiger partial charge in [0, 0.05) is 30.5 Å². The first-order valence-corrected chi connectivity index (χ1v) is 13.8. The Morgan fingerprint density at radius 2 is 2.03 bits per heavy atom. The fourth-order valence-electron chi connectivity index (χ4n) is 3.92. The van der Waals surface area contributed by atoms with E-state index >= 15 is 0 Å². The van der Waals surface area contributed by atoms with E-state index in [1.165, 1.54) is 22.5 Å². The number of rotatable bonds is 8. The third kappa shape index (κ3) is 6.22. The van der Waals surface area contributed by atoms with Crippen LogP contribution in [0.5, 0.6) is 5.88 Å². The molecule has 2 saturated heterocycles. The second kappa shape index (κ2) is 10.6. The van der Waals surface area contributed by atoms with E-state index in [4.69, 9.17) is 9.57 Å². The first-order chi connectivity index (χ1) is 17.3. The minimum absolute atomic E-state index is 0.0324. The molecule has 1 unspecified atom stereocenters. The molecule has 15 heteroatoms. The van der Waals surface area contributed by atoms with Gasteiger partial charge in [-0.2, -0.15) is 22.8 Å². The lowest BCUT2D eigenvalue weighted by Gasteiger charge is -2.34. The maximum absolute atomic E-state index is 14.1. The number of carbonyl (C=O) groups is 1. The number of anilines is 1. The summed E-state index contributed by atoms with van der Waals surface area (Å²) < 4.78 is 62.7. The molecular formula is C22H27F2N5O6S2. The zero-order valence-electron chi connectivity index (χ0n) is 20.3. The molecule has 0 bridgehead atoms. The van der Waals surface area contributed by atoms with Gasteiger partial charge in [-0.25, -0.2) is 18.6 Å². The van der Waals surface area contributed by atoms with Gasteiger partial charge >= 0.3 is 16.3 Å². The number of ether oxygens (including phenoxy) is 1. The lowest BCUT2D eigenvalue weighted by molar-refractivity contribution is -0.120. The molecule has 0 spiro atoms. The molecule has 37 heavy (non-hydrogen) atoms. The predicted molar refractivity (Wildman–Crippen MR) is 130 cm³/mol. The molecule has 11 nitrogen and oxygen atoms in total. The van der Waals surface area contributed by atoms with Crippen LogP contribution in [0.25, 0.3) is 0 Å². The number of hydrogen-bond acceptors (Lipinski definition) is 8. The Morgan fingerprint density at radius 1 is 1.30 bits per heavy atom. The van der Waals surface area contributed by atoms with Crippen molar-refractivity contribution in [3.63, 3.8) is 0 Å². The van der Waals surface area contributed by atoms with Gasteiger partial charge in [0.25, 0.3) is 0 Å². The number of hydroxylamine groups is 2. The number of carboxylic acid groups (broad SMARTS) is 1. The van der Waals surface area contributed by atoms with Gasteiger partial charge in [0.15, 0.2) is 16.8 Å². The van der Waals surface area contributed by atoms with E-state index in [2.05, 4.69) is 14.7 Å². The molecule has 0 radical (unpaired) electrons. The molecule has 2 atom stereocenters. The van der Waals surface area contributed by atoms with Crippen LogP contribution < -0.4 is 9.46 Å². The highest BCUT2D eigenvalue weighted by Gasteiger charge is 2.47. The van der Waals surface area contributed by atoms with Crippen molar-refractivity contribution in [3.05, 3.63) is 41.5 Å². The van der Waals surface area contributed by atoms with Crippen molar-refractivity contribution in [3.8, 4) is 5.88 Å². The Hall–Kier alpha value is -2.75. The minimum atomic E-state index is -3.86. The number of aromatic nitrogens is 2. The average Bonchev–Trinajstić information content (AvgIpc) is 3.17. The van der Waals surface area contributed by atoms with E-state index < -0.39 is 45.5 Å². The van der Waals surface area contributed by atoms with Crippen LogP contribution in [0.2, 0.25) is 0 Å². The first kappa shape index (κ1) is 27.3. The molecule has 2 aliphatic heterocycles. The van der Waals surface area contributed by atoms with Crippen LogP contribution >= 0.6 is 11.8 Å². The van der Waals surface area contributed by atoms with Crippen LogP contribution in [-0.4, -0.2) is 70.8 Å². The normalized spacial score (nSPS) is 20.5. The largest absolute Gasteiger partial charge is 0.469 e. The quantitative estimate of drug-likeness (QED) is 0.368. The molecule has 1 amide bonds. The van der Waals surface area contributed by atoms with Gasteiger partial charge in [-0.05, 0) is 17.9 Å². The van der Waals surface area contributed by atoms with E-state index in [0.29, 0.717) is 13.1 Å². The summed E-state index contributed by atoms with van der Waals surface area (Å²) in [6.45, 7) is 6.17. The molecule has 4 rings (SSSR count). The number of thioether (sulfide) groups is 1. The summed E-state index contributed by atoms with van der Waals surface area (Å²) >= 11 is 0.955. The molecule has 0 saturated carbocycles. The van der Waals surface area contributed by atoms with Crippen molar-refractivity contribution in [2.45, 2.75) is 50.2 Å². The predicted octanol–water partition coefficient (Wildman–Crippen LogP) is 3.50. The highest BCUT2D eigenvalue weighted by molar-refractivity contribution is 7.98. The second-order valence-corrected chi connectivity index (χ2v) is 12.2. The van der Waals surface area contributed by atoms with Crippen LogP contribution in [-0.2, 0) is 20.8 Å². The third-order valence-corrected chi connectivity index (χ3v) is 8.20. The summed E-state index contributed by atoms with van der Waals surface area (Å²) in [6.07, 6.45) is -1.29. The summed E-state index contributed by atoms with van der Waals surface area (Å²) in [7, 11) is -3.86. The average molecular weight is 560 g/mol. The zero-order chi connectivity index (χ0) is 27.0. The Kier molecular flexibility index (Phi) is 7.78. The van der Waals surface area contributed by atoms with Gasteiger partial charge in [-0.3, -0.25) is 9.56 Å². The van der Waals surface area contributed by atoms with Crippen molar-refractivity contribution in [2.75, 3.05) is 24.4 Å². The molecule has 3 heterocycles. The summed E-state index contributed by atoms with van der Waals surface area (Å²) in [4.78, 5) is 25.5. The molecule has 202 valence electrons. The number of benzene rings is 1. The lowest BCUT2D eigenvalue weighted by atomic mass is 9.84. The van der Waals surface area contributed by atoms with Crippen molar-refractivity contribution < 1.29 is 36.7 Å². The molecule has 0 aliphatic carbocycles. The van der Waals surface area contributed by atoms with Crippen LogP contribution in [0.1, 0.15) is 32.8 Å². The van der Waals surface area contributed by atoms with Crippen molar-refractivity contribution in [2.24, 2.45) is 5.41 Å². The molecular weight excluding hydrogens is 532 g/mol. The van der Waals surface area contributed by atoms with E-state index in [-0.39, 0.29) is 34.8 Å². The highest BCUT2D eigenvalue weighted by Crippen LogP contribution is 2.35. The van der Waals surface area contributed by atoms with Gasteiger partial charge in [-0.15, -0.1) is 0 Å². The van der Waals surface area contributed by atoms with Gasteiger partial charge in [0.1, 0.15) is 24.6 Å². The molecule has 2 N–H and O–H groups in total. The zero-order valence-corrected chi connectivity index (χ0v) is 22.0. The molecule has 2 aromatic rings. The highest BCUT2D eigenvalue weighted by atomic mass is 32.2. The summed E-state index contributed by atoms with van der Waals surface area (Å²) in [5, 5.41) is 10.4. The molecule has 2 aliphatic rings. The Bertz CT molecular complexity index is 1270. The SMILES string of the molecule is CC(C)(C)[C@H]1C(Oc2cc(NS(=O)(=O)N3CCC3)nc(SCc3cccc(F)c3F)n2)CON1C(=O)O. The maximum Gasteiger partial charge on any atom is 0.431 e. The van der Waals surface area contributed by atoms with Crippen LogP contribution in [0.4, 0.5) is 19.4 Å². The smallest absolute Gasteiger partial charge is 0.431 e. The fraction of sp³-hybridized carbons (Fsp3) is 0.500. The van der Waals surface area contributed by atoms with E-state index in [1.807, 2.05) is 20.8 Å². The van der Waals surface area contributed by atoms with Crippen molar-refractivity contribution in [1.82, 2.24) is 19.3 Å². The number of nitrogens with zero attached hydrogens (tertiary/aromatic N) is 4. The summed E-state index contributed by atoms with van der Waals surface area (Å²) in [5.41, 5.74) is -0.488. The van der Waals surface area contributed by atoms with Gasteiger partial charge in [0.05, 0.1) is 0 Å². The molecule has 1 aromatic heterocycles. The van der Waals surface area contributed by atoms with Crippen molar-refractivity contribution in [1.29, 1.82) is 0 Å². The number of nitrogens with one attached hydrogen (secondary N) is 1. The van der Waals surface area contributed by atoms with Crippen LogP contribution in [0.15, 0.2) is 29.4 Å². The van der Waals surface area contributed by atoms with Crippen LogP contribution in [0.3, 0.4) is 0 Å². The third-order valence-electron chi connectivity index (χ3n) is 5.79. The maximum atomic E-state index is 14.1. The standard InChI is InChI=1S/C22H27F2N5O6S2/c1-22(2,3)19-15(11-34-29(19)21(30)31)35-17-10-16(27-37(32,33)28-8-5-9-28)25-20(26-17)36-12-13-6-4-7-14(23)18(13)24/h4,6-7,10,15,19H,5,8-9,11-12H2,1-3H3,(H,30,31)(H,25,26,27)/t15?,19-/m1/s1. The Morgan fingerprint density at radius 3 is 2.65 bits per heavy atom. The number of amides is 1.